The predicted molar refractivity (Wildman–Crippen MR) is 182 cm³/mol. The number of hydrogen-bond acceptors (Lipinski definition) is 9. The molecule has 1 aliphatic heterocycles. The number of likely N-dealkylation sites (tertiary alicyclic amines) is 1. The van der Waals surface area contributed by atoms with Gasteiger partial charge in [0.15, 0.2) is 0 Å². The molecule has 1 N–H and O–H groups in total. The molecule has 11 heteroatoms. The van der Waals surface area contributed by atoms with Crippen LogP contribution < -0.4 is 5.32 Å². The zero-order chi connectivity index (χ0) is 36.6. The lowest BCUT2D eigenvalue weighted by molar-refractivity contribution is -0.161. The quantitative estimate of drug-likeness (QED) is 0.197. The molecule has 2 aliphatic rings. The smallest absolute Gasteiger partial charge is 0.310 e. The van der Waals surface area contributed by atoms with Crippen LogP contribution in [-0.2, 0) is 49.5 Å². The monoisotopic (exact) mass is 682 g/mol. The number of ether oxygens (including phenoxy) is 2. The Labute approximate surface area is 290 Å². The number of ketones is 3. The predicted octanol–water partition coefficient (Wildman–Crippen LogP) is 4.42. The van der Waals surface area contributed by atoms with Gasteiger partial charge in [-0.2, -0.15) is 0 Å². The molecule has 1 saturated carbocycles. The molecule has 1 aromatic rings. The Morgan fingerprint density at radius 2 is 1.63 bits per heavy atom. The number of hydrogen-bond donors (Lipinski definition) is 1. The SMILES string of the molecule is CCCC(NC(=O)[C@@H]1[C@H]2CCC(=O)[C@H]2CN1C(=O)[C@@H](CC(=O)OC(C)C)C(C)C)C(=O)C(=O)C[C@@H](Cc1ccccc1)C(=O)OC(C)(C)C. The average Bonchev–Trinajstić information content (AvgIpc) is 3.57. The lowest BCUT2D eigenvalue weighted by Crippen LogP contribution is -2.55. The fourth-order valence-corrected chi connectivity index (χ4v) is 6.84. The van der Waals surface area contributed by atoms with Crippen molar-refractivity contribution in [1.29, 1.82) is 0 Å². The number of benzene rings is 1. The molecule has 1 aromatic carbocycles. The first-order chi connectivity index (χ1) is 22.9. The second-order valence-electron chi connectivity index (χ2n) is 15.1. The van der Waals surface area contributed by atoms with Crippen molar-refractivity contribution in [2.75, 3.05) is 6.54 Å². The lowest BCUT2D eigenvalue weighted by Gasteiger charge is -2.32. The van der Waals surface area contributed by atoms with Crippen LogP contribution in [0.25, 0.3) is 0 Å². The summed E-state index contributed by atoms with van der Waals surface area (Å²) in [6.07, 6.45) is 0.603. The highest BCUT2D eigenvalue weighted by Gasteiger charge is 2.54. The summed E-state index contributed by atoms with van der Waals surface area (Å²) < 4.78 is 10.9. The van der Waals surface area contributed by atoms with Crippen molar-refractivity contribution in [3.63, 3.8) is 0 Å². The van der Waals surface area contributed by atoms with E-state index in [1.54, 1.807) is 34.6 Å². The number of amides is 2. The third kappa shape index (κ3) is 10.8. The molecule has 1 aliphatic carbocycles. The van der Waals surface area contributed by atoms with Crippen molar-refractivity contribution in [3.8, 4) is 0 Å². The van der Waals surface area contributed by atoms with Crippen molar-refractivity contribution in [2.24, 2.45) is 29.6 Å². The molecular formula is C38H54N2O9. The van der Waals surface area contributed by atoms with E-state index in [-0.39, 0.29) is 43.6 Å². The minimum absolute atomic E-state index is 0.0265. The molecule has 3 rings (SSSR count). The Morgan fingerprint density at radius 1 is 0.980 bits per heavy atom. The second-order valence-corrected chi connectivity index (χ2v) is 15.1. The van der Waals surface area contributed by atoms with Crippen LogP contribution in [-0.4, -0.2) is 76.3 Å². The van der Waals surface area contributed by atoms with Gasteiger partial charge in [0, 0.05) is 31.2 Å². The molecule has 2 amide bonds. The molecule has 0 radical (unpaired) electrons. The van der Waals surface area contributed by atoms with Gasteiger partial charge in [-0.1, -0.05) is 57.5 Å². The van der Waals surface area contributed by atoms with E-state index < -0.39 is 83.1 Å². The van der Waals surface area contributed by atoms with Gasteiger partial charge >= 0.3 is 11.9 Å². The van der Waals surface area contributed by atoms with E-state index in [1.807, 2.05) is 51.1 Å². The number of nitrogens with zero attached hydrogens (tertiary/aromatic N) is 1. The topological polar surface area (TPSA) is 153 Å². The minimum Gasteiger partial charge on any atom is -0.463 e. The molecule has 0 spiro atoms. The molecule has 1 saturated heterocycles. The van der Waals surface area contributed by atoms with Gasteiger partial charge in [0.2, 0.25) is 23.4 Å². The molecule has 11 nitrogen and oxygen atoms in total. The van der Waals surface area contributed by atoms with Gasteiger partial charge in [-0.15, -0.1) is 0 Å². The number of rotatable bonds is 16. The third-order valence-electron chi connectivity index (χ3n) is 9.20. The number of Topliss-reactive ketones (excluding diaryl/α,β-unsaturated/α-hetero) is 3. The van der Waals surface area contributed by atoms with Crippen molar-refractivity contribution >= 4 is 41.1 Å². The zero-order valence-corrected chi connectivity index (χ0v) is 30.3. The van der Waals surface area contributed by atoms with E-state index >= 15 is 0 Å². The molecule has 49 heavy (non-hydrogen) atoms. The summed E-state index contributed by atoms with van der Waals surface area (Å²) in [6, 6.07) is 6.92. The molecule has 0 bridgehead atoms. The zero-order valence-electron chi connectivity index (χ0n) is 30.3. The van der Waals surface area contributed by atoms with E-state index in [2.05, 4.69) is 5.32 Å². The van der Waals surface area contributed by atoms with Crippen LogP contribution >= 0.6 is 0 Å². The van der Waals surface area contributed by atoms with E-state index in [0.717, 1.165) is 5.56 Å². The number of esters is 2. The average molecular weight is 683 g/mol. The summed E-state index contributed by atoms with van der Waals surface area (Å²) in [4.78, 5) is 95.2. The first kappa shape index (κ1) is 39.5. The van der Waals surface area contributed by atoms with Gasteiger partial charge in [0.25, 0.3) is 0 Å². The van der Waals surface area contributed by atoms with Crippen molar-refractivity contribution in [3.05, 3.63) is 35.9 Å². The number of carbonyl (C=O) groups excluding carboxylic acids is 7. The van der Waals surface area contributed by atoms with E-state index in [1.165, 1.54) is 4.90 Å². The first-order valence-electron chi connectivity index (χ1n) is 17.6. The van der Waals surface area contributed by atoms with Crippen LogP contribution in [0.4, 0.5) is 0 Å². The molecular weight excluding hydrogens is 628 g/mol. The Bertz CT molecular complexity index is 1380. The summed E-state index contributed by atoms with van der Waals surface area (Å²) in [6.45, 7) is 14.1. The standard InChI is InChI=1S/C38H54N2O9/c1-9-13-29(34(44)31(42)19-25(37(47)49-38(6,7)8)18-24-14-11-10-12-15-24)39-35(45)33-26-16-17-30(41)28(26)21-40(33)36(46)27(22(2)3)20-32(43)48-23(4)5/h10-12,14-15,22-23,25-29,33H,9,13,16-21H2,1-8H3,(H,39,45)/t25-,26+,27+,28+,29?,33+/m1/s1. The third-order valence-corrected chi connectivity index (χ3v) is 9.20. The van der Waals surface area contributed by atoms with Crippen LogP contribution in [0, 0.1) is 29.6 Å². The van der Waals surface area contributed by atoms with Crippen LogP contribution in [0.3, 0.4) is 0 Å². The fraction of sp³-hybridized carbons (Fsp3) is 0.658. The van der Waals surface area contributed by atoms with Gasteiger partial charge in [-0.3, -0.25) is 33.6 Å². The van der Waals surface area contributed by atoms with Crippen LogP contribution in [0.2, 0.25) is 0 Å². The summed E-state index contributed by atoms with van der Waals surface area (Å²) in [5, 5.41) is 2.76. The first-order valence-corrected chi connectivity index (χ1v) is 17.6. The number of nitrogens with one attached hydrogen (secondary N) is 1. The Kier molecular flexibility index (Phi) is 13.9. The van der Waals surface area contributed by atoms with Gasteiger partial charge in [0.05, 0.1) is 30.4 Å². The molecule has 0 aromatic heterocycles. The summed E-state index contributed by atoms with van der Waals surface area (Å²) in [7, 11) is 0. The van der Waals surface area contributed by atoms with Gasteiger partial charge in [0.1, 0.15) is 17.4 Å². The maximum Gasteiger partial charge on any atom is 0.310 e. The van der Waals surface area contributed by atoms with E-state index in [9.17, 15) is 33.6 Å². The summed E-state index contributed by atoms with van der Waals surface area (Å²) >= 11 is 0. The van der Waals surface area contributed by atoms with Crippen molar-refractivity contribution in [2.45, 2.75) is 124 Å². The lowest BCUT2D eigenvalue weighted by atomic mass is 9.89. The molecule has 6 atom stereocenters. The normalized spacial score (nSPS) is 20.8. The Balaban J connectivity index is 1.83. The van der Waals surface area contributed by atoms with Crippen molar-refractivity contribution < 1.29 is 43.0 Å². The molecule has 2 fully saturated rings. The van der Waals surface area contributed by atoms with E-state index in [0.29, 0.717) is 19.3 Å². The number of carbonyl (C=O) groups is 7. The Morgan fingerprint density at radius 3 is 2.20 bits per heavy atom. The minimum atomic E-state index is -1.18. The van der Waals surface area contributed by atoms with E-state index in [4.69, 9.17) is 9.47 Å². The molecule has 270 valence electrons. The Hall–Kier alpha value is -3.89. The van der Waals surface area contributed by atoms with Gasteiger partial charge in [-0.25, -0.2) is 0 Å². The summed E-state index contributed by atoms with van der Waals surface area (Å²) in [5.74, 6) is -6.74. The van der Waals surface area contributed by atoms with Crippen LogP contribution in [0.5, 0.6) is 0 Å². The highest BCUT2D eigenvalue weighted by Crippen LogP contribution is 2.41. The van der Waals surface area contributed by atoms with Crippen LogP contribution in [0.1, 0.15) is 99.5 Å². The highest BCUT2D eigenvalue weighted by molar-refractivity contribution is 6.39. The largest absolute Gasteiger partial charge is 0.463 e. The molecule has 1 heterocycles. The molecule has 1 unspecified atom stereocenters. The maximum atomic E-state index is 14.1. The van der Waals surface area contributed by atoms with Gasteiger partial charge in [-0.05, 0) is 65.4 Å². The second kappa shape index (κ2) is 17.2. The van der Waals surface area contributed by atoms with Gasteiger partial charge < -0.3 is 19.7 Å². The number of fused-ring (bicyclic) bond motifs is 1. The van der Waals surface area contributed by atoms with Crippen LogP contribution in [0.15, 0.2) is 30.3 Å². The highest BCUT2D eigenvalue weighted by atomic mass is 16.6. The fourth-order valence-electron chi connectivity index (χ4n) is 6.84. The maximum absolute atomic E-state index is 14.1. The summed E-state index contributed by atoms with van der Waals surface area (Å²) in [5.41, 5.74) is 0.00593. The van der Waals surface area contributed by atoms with Crippen molar-refractivity contribution in [1.82, 2.24) is 10.2 Å².